The molecule has 0 aliphatic heterocycles. The first-order chi connectivity index (χ1) is 7.58. The van der Waals surface area contributed by atoms with Gasteiger partial charge in [0.25, 0.3) is 5.69 Å². The Morgan fingerprint density at radius 1 is 1.56 bits per heavy atom. The number of likely N-dealkylation sites (N-methyl/N-ethyl adjacent to an activating group) is 1. The van der Waals surface area contributed by atoms with Gasteiger partial charge in [0.05, 0.1) is 4.92 Å². The van der Waals surface area contributed by atoms with Crippen molar-refractivity contribution < 1.29 is 4.92 Å². The molecule has 0 fully saturated rings. The van der Waals surface area contributed by atoms with Crippen molar-refractivity contribution in [2.75, 3.05) is 7.05 Å². The predicted molar refractivity (Wildman–Crippen MR) is 67.6 cm³/mol. The molecule has 0 spiro atoms. The van der Waals surface area contributed by atoms with Crippen LogP contribution in [0.1, 0.15) is 18.9 Å². The fourth-order valence-corrected chi connectivity index (χ4v) is 1.94. The Bertz CT molecular complexity index is 378. The maximum absolute atomic E-state index is 10.9. The average Bonchev–Trinajstić information content (AvgIpc) is 2.27. The van der Waals surface area contributed by atoms with Gasteiger partial charge in [-0.3, -0.25) is 10.1 Å². The van der Waals surface area contributed by atoms with E-state index in [0.29, 0.717) is 6.42 Å². The third-order valence-electron chi connectivity index (χ3n) is 2.61. The highest BCUT2D eigenvalue weighted by Crippen LogP contribution is 2.24. The van der Waals surface area contributed by atoms with Crippen molar-refractivity contribution in [2.45, 2.75) is 25.8 Å². The van der Waals surface area contributed by atoms with Crippen LogP contribution in [0.5, 0.6) is 0 Å². The molecule has 0 aromatic heterocycles. The predicted octanol–water partition coefficient (Wildman–Crippen LogP) is 2.90. The molecule has 0 heterocycles. The number of nitro benzene ring substituents is 1. The Labute approximate surface area is 103 Å². The molecule has 1 rings (SSSR count). The van der Waals surface area contributed by atoms with E-state index in [4.69, 9.17) is 0 Å². The van der Waals surface area contributed by atoms with E-state index in [1.807, 2.05) is 19.2 Å². The van der Waals surface area contributed by atoms with Crippen molar-refractivity contribution in [1.29, 1.82) is 0 Å². The summed E-state index contributed by atoms with van der Waals surface area (Å²) < 4.78 is 0.737. The lowest BCUT2D eigenvalue weighted by molar-refractivity contribution is -0.385. The second-order valence-electron chi connectivity index (χ2n) is 3.63. The Balaban J connectivity index is 2.98. The van der Waals surface area contributed by atoms with E-state index < -0.39 is 0 Å². The molecular weight excluding hydrogens is 272 g/mol. The van der Waals surface area contributed by atoms with Crippen LogP contribution in [0.2, 0.25) is 0 Å². The van der Waals surface area contributed by atoms with Crippen molar-refractivity contribution >= 4 is 21.6 Å². The van der Waals surface area contributed by atoms with Gasteiger partial charge in [0.15, 0.2) is 0 Å². The SMILES string of the molecule is CCC(Cc1ccc(Br)cc1[N+](=O)[O-])NC. The van der Waals surface area contributed by atoms with Gasteiger partial charge in [-0.1, -0.05) is 28.9 Å². The first kappa shape index (κ1) is 13.1. The van der Waals surface area contributed by atoms with Gasteiger partial charge in [0.1, 0.15) is 0 Å². The molecule has 0 bridgehead atoms. The Morgan fingerprint density at radius 2 is 2.25 bits per heavy atom. The van der Waals surface area contributed by atoms with Gasteiger partial charge in [-0.05, 0) is 26.0 Å². The minimum Gasteiger partial charge on any atom is -0.317 e. The van der Waals surface area contributed by atoms with Crippen LogP contribution in [0.25, 0.3) is 0 Å². The van der Waals surface area contributed by atoms with Crippen molar-refractivity contribution in [2.24, 2.45) is 0 Å². The minimum absolute atomic E-state index is 0.183. The summed E-state index contributed by atoms with van der Waals surface area (Å²) in [6.45, 7) is 2.06. The van der Waals surface area contributed by atoms with Crippen LogP contribution in [0.3, 0.4) is 0 Å². The topological polar surface area (TPSA) is 55.2 Å². The fourth-order valence-electron chi connectivity index (χ4n) is 1.60. The summed E-state index contributed by atoms with van der Waals surface area (Å²) in [5, 5.41) is 14.0. The lowest BCUT2D eigenvalue weighted by Crippen LogP contribution is -2.26. The zero-order chi connectivity index (χ0) is 12.1. The number of halogens is 1. The normalized spacial score (nSPS) is 12.4. The first-order valence-electron chi connectivity index (χ1n) is 5.18. The maximum Gasteiger partial charge on any atom is 0.273 e. The van der Waals surface area contributed by atoms with Crippen molar-refractivity contribution in [1.82, 2.24) is 5.32 Å². The van der Waals surface area contributed by atoms with Crippen molar-refractivity contribution in [3.63, 3.8) is 0 Å². The summed E-state index contributed by atoms with van der Waals surface area (Å²) >= 11 is 3.24. The molecule has 5 heteroatoms. The second kappa shape index (κ2) is 5.96. The summed E-state index contributed by atoms with van der Waals surface area (Å²) in [6.07, 6.45) is 1.63. The molecule has 0 saturated carbocycles. The Kier molecular flexibility index (Phi) is 4.89. The molecule has 4 nitrogen and oxygen atoms in total. The molecule has 1 atom stereocenters. The third-order valence-corrected chi connectivity index (χ3v) is 3.10. The first-order valence-corrected chi connectivity index (χ1v) is 5.97. The van der Waals surface area contributed by atoms with Gasteiger partial charge in [-0.15, -0.1) is 0 Å². The lowest BCUT2D eigenvalue weighted by Gasteiger charge is -2.13. The standard InChI is InChI=1S/C11H15BrN2O2/c1-3-10(13-2)6-8-4-5-9(12)7-11(8)14(15)16/h4-5,7,10,13H,3,6H2,1-2H3. The van der Waals surface area contributed by atoms with Crippen LogP contribution < -0.4 is 5.32 Å². The smallest absolute Gasteiger partial charge is 0.273 e. The van der Waals surface area contributed by atoms with Crippen LogP contribution in [-0.4, -0.2) is 18.0 Å². The second-order valence-corrected chi connectivity index (χ2v) is 4.54. The highest BCUT2D eigenvalue weighted by molar-refractivity contribution is 9.10. The Hall–Kier alpha value is -0.940. The quantitative estimate of drug-likeness (QED) is 0.669. The highest BCUT2D eigenvalue weighted by Gasteiger charge is 2.16. The van der Waals surface area contributed by atoms with Gasteiger partial charge in [0, 0.05) is 22.1 Å². The van der Waals surface area contributed by atoms with E-state index in [9.17, 15) is 10.1 Å². The minimum atomic E-state index is -0.331. The zero-order valence-electron chi connectivity index (χ0n) is 9.37. The molecular formula is C11H15BrN2O2. The summed E-state index contributed by atoms with van der Waals surface area (Å²) in [5.74, 6) is 0. The van der Waals surface area contributed by atoms with E-state index in [1.54, 1.807) is 6.07 Å². The van der Waals surface area contributed by atoms with Crippen LogP contribution >= 0.6 is 15.9 Å². The molecule has 0 amide bonds. The molecule has 0 aliphatic carbocycles. The van der Waals surface area contributed by atoms with Gasteiger partial charge >= 0.3 is 0 Å². The number of benzene rings is 1. The van der Waals surface area contributed by atoms with Crippen LogP contribution in [0, 0.1) is 10.1 Å². The van der Waals surface area contributed by atoms with Crippen LogP contribution in [-0.2, 0) is 6.42 Å². The van der Waals surface area contributed by atoms with E-state index in [-0.39, 0.29) is 16.7 Å². The van der Waals surface area contributed by atoms with Gasteiger partial charge in [-0.2, -0.15) is 0 Å². The zero-order valence-corrected chi connectivity index (χ0v) is 11.0. The number of hydrogen-bond donors (Lipinski definition) is 1. The third kappa shape index (κ3) is 3.28. The molecule has 0 radical (unpaired) electrons. The molecule has 1 N–H and O–H groups in total. The molecule has 1 unspecified atom stereocenters. The van der Waals surface area contributed by atoms with Gasteiger partial charge < -0.3 is 5.32 Å². The lowest BCUT2D eigenvalue weighted by atomic mass is 10.0. The number of nitrogens with one attached hydrogen (secondary N) is 1. The highest BCUT2D eigenvalue weighted by atomic mass is 79.9. The van der Waals surface area contributed by atoms with E-state index >= 15 is 0 Å². The van der Waals surface area contributed by atoms with E-state index in [2.05, 4.69) is 28.2 Å². The summed E-state index contributed by atoms with van der Waals surface area (Å²) in [4.78, 5) is 10.6. The van der Waals surface area contributed by atoms with Crippen molar-refractivity contribution in [3.8, 4) is 0 Å². The monoisotopic (exact) mass is 286 g/mol. The molecule has 88 valence electrons. The van der Waals surface area contributed by atoms with Gasteiger partial charge in [0.2, 0.25) is 0 Å². The summed E-state index contributed by atoms with van der Waals surface area (Å²) in [5.41, 5.74) is 0.956. The Morgan fingerprint density at radius 3 is 2.75 bits per heavy atom. The number of nitro groups is 1. The van der Waals surface area contributed by atoms with Crippen LogP contribution in [0.4, 0.5) is 5.69 Å². The molecule has 1 aromatic rings. The van der Waals surface area contributed by atoms with Crippen molar-refractivity contribution in [3.05, 3.63) is 38.3 Å². The molecule has 1 aromatic carbocycles. The molecule has 0 saturated heterocycles. The van der Waals surface area contributed by atoms with E-state index in [0.717, 1.165) is 16.5 Å². The molecule has 16 heavy (non-hydrogen) atoms. The summed E-state index contributed by atoms with van der Waals surface area (Å²) in [7, 11) is 1.87. The fraction of sp³-hybridized carbons (Fsp3) is 0.455. The number of rotatable bonds is 5. The maximum atomic E-state index is 10.9. The number of nitrogens with zero attached hydrogens (tertiary/aromatic N) is 1. The van der Waals surface area contributed by atoms with Crippen LogP contribution in [0.15, 0.2) is 22.7 Å². The number of hydrogen-bond acceptors (Lipinski definition) is 3. The van der Waals surface area contributed by atoms with E-state index in [1.165, 1.54) is 0 Å². The van der Waals surface area contributed by atoms with Gasteiger partial charge in [-0.25, -0.2) is 0 Å². The molecule has 0 aliphatic rings. The summed E-state index contributed by atoms with van der Waals surface area (Å²) in [6, 6.07) is 5.48. The average molecular weight is 287 g/mol. The largest absolute Gasteiger partial charge is 0.317 e.